The molecule has 2 rings (SSSR count). The van der Waals surface area contributed by atoms with Gasteiger partial charge in [-0.3, -0.25) is 4.79 Å². The van der Waals surface area contributed by atoms with E-state index >= 15 is 0 Å². The highest BCUT2D eigenvalue weighted by Gasteiger charge is 2.15. The molecule has 0 atom stereocenters. The van der Waals surface area contributed by atoms with E-state index in [9.17, 15) is 4.79 Å². The second kappa shape index (κ2) is 8.33. The van der Waals surface area contributed by atoms with Gasteiger partial charge in [0.05, 0.1) is 5.75 Å². The summed E-state index contributed by atoms with van der Waals surface area (Å²) in [7, 11) is 0. The summed E-state index contributed by atoms with van der Waals surface area (Å²) in [6.07, 6.45) is 3.38. The fourth-order valence-corrected chi connectivity index (χ4v) is 2.66. The van der Waals surface area contributed by atoms with Gasteiger partial charge in [0.25, 0.3) is 5.22 Å². The van der Waals surface area contributed by atoms with E-state index in [0.29, 0.717) is 24.2 Å². The molecule has 5 nitrogen and oxygen atoms in total. The zero-order valence-corrected chi connectivity index (χ0v) is 13.9. The highest BCUT2D eigenvalue weighted by molar-refractivity contribution is 7.99. The molecule has 0 radical (unpaired) electrons. The van der Waals surface area contributed by atoms with Crippen LogP contribution >= 0.6 is 11.8 Å². The molecule has 0 aliphatic carbocycles. The number of amides is 1. The molecule has 23 heavy (non-hydrogen) atoms. The van der Waals surface area contributed by atoms with Crippen LogP contribution in [0.1, 0.15) is 5.56 Å². The molecule has 0 aliphatic rings. The highest BCUT2D eigenvalue weighted by atomic mass is 32.2. The second-order valence-electron chi connectivity index (χ2n) is 4.85. The lowest BCUT2D eigenvalue weighted by Crippen LogP contribution is -2.32. The number of carbonyl (C=O) groups excluding carboxylic acids is 1. The lowest BCUT2D eigenvalue weighted by Gasteiger charge is -2.18. The van der Waals surface area contributed by atoms with Crippen molar-refractivity contribution in [1.82, 2.24) is 15.1 Å². The van der Waals surface area contributed by atoms with E-state index in [-0.39, 0.29) is 11.7 Å². The first kappa shape index (κ1) is 17.0. The van der Waals surface area contributed by atoms with Gasteiger partial charge in [-0.25, -0.2) is 0 Å². The molecular weight excluding hydrogens is 310 g/mol. The molecule has 0 spiro atoms. The fraction of sp³-hybridized carbons (Fsp3) is 0.235. The maximum Gasteiger partial charge on any atom is 0.277 e. The molecule has 6 heteroatoms. The van der Waals surface area contributed by atoms with Gasteiger partial charge in [0.15, 0.2) is 0 Å². The zero-order chi connectivity index (χ0) is 16.7. The molecule has 0 fully saturated rings. The Hall–Kier alpha value is -2.34. The van der Waals surface area contributed by atoms with Crippen molar-refractivity contribution in [3.8, 4) is 11.5 Å². The van der Waals surface area contributed by atoms with Crippen LogP contribution in [0.15, 0.2) is 59.2 Å². The molecule has 1 heterocycles. The number of aromatic nitrogens is 2. The third-order valence-corrected chi connectivity index (χ3v) is 3.96. The van der Waals surface area contributed by atoms with Crippen molar-refractivity contribution in [2.24, 2.45) is 0 Å². The number of carbonyl (C=O) groups is 1. The normalized spacial score (nSPS) is 10.3. The standard InChI is InChI=1S/C17H19N3O2S/c1-4-10-20(11-5-2)15(21)12-23-17-19-18-16(22-17)14-9-7-6-8-13(14)3/h4-9H,1-2,10-12H2,3H3. The monoisotopic (exact) mass is 329 g/mol. The number of aryl methyl sites for hydroxylation is 1. The van der Waals surface area contributed by atoms with Gasteiger partial charge in [-0.15, -0.1) is 23.4 Å². The predicted molar refractivity (Wildman–Crippen MR) is 92.2 cm³/mol. The summed E-state index contributed by atoms with van der Waals surface area (Å²) in [4.78, 5) is 13.8. The minimum absolute atomic E-state index is 0.0227. The van der Waals surface area contributed by atoms with Crippen LogP contribution in [-0.4, -0.2) is 39.8 Å². The third kappa shape index (κ3) is 4.56. The van der Waals surface area contributed by atoms with Crippen LogP contribution in [0.5, 0.6) is 0 Å². The maximum atomic E-state index is 12.1. The van der Waals surface area contributed by atoms with Crippen molar-refractivity contribution in [2.75, 3.05) is 18.8 Å². The van der Waals surface area contributed by atoms with Crippen molar-refractivity contribution in [2.45, 2.75) is 12.1 Å². The average molecular weight is 329 g/mol. The third-order valence-electron chi connectivity index (χ3n) is 3.15. The summed E-state index contributed by atoms with van der Waals surface area (Å²) >= 11 is 1.23. The van der Waals surface area contributed by atoms with E-state index < -0.39 is 0 Å². The molecule has 0 saturated carbocycles. The summed E-state index contributed by atoms with van der Waals surface area (Å²) < 4.78 is 5.63. The van der Waals surface area contributed by atoms with E-state index in [4.69, 9.17) is 4.42 Å². The second-order valence-corrected chi connectivity index (χ2v) is 5.78. The highest BCUT2D eigenvalue weighted by Crippen LogP contribution is 2.25. The van der Waals surface area contributed by atoms with E-state index in [1.54, 1.807) is 17.1 Å². The quantitative estimate of drug-likeness (QED) is 0.549. The van der Waals surface area contributed by atoms with E-state index in [1.807, 2.05) is 31.2 Å². The number of hydrogen-bond acceptors (Lipinski definition) is 5. The Morgan fingerprint density at radius 2 is 1.96 bits per heavy atom. The van der Waals surface area contributed by atoms with Crippen LogP contribution in [0.4, 0.5) is 0 Å². The molecule has 0 bridgehead atoms. The van der Waals surface area contributed by atoms with Gasteiger partial charge in [-0.2, -0.15) is 0 Å². The Morgan fingerprint density at radius 3 is 2.61 bits per heavy atom. The molecule has 1 aromatic heterocycles. The Balaban J connectivity index is 1.99. The summed E-state index contributed by atoms with van der Waals surface area (Å²) in [5.74, 6) is 0.675. The van der Waals surface area contributed by atoms with Gasteiger partial charge >= 0.3 is 0 Å². The van der Waals surface area contributed by atoms with E-state index in [0.717, 1.165) is 11.1 Å². The zero-order valence-electron chi connectivity index (χ0n) is 13.1. The molecule has 120 valence electrons. The lowest BCUT2D eigenvalue weighted by atomic mass is 10.1. The number of rotatable bonds is 8. The molecule has 1 aromatic carbocycles. The van der Waals surface area contributed by atoms with Crippen LogP contribution in [0.2, 0.25) is 0 Å². The van der Waals surface area contributed by atoms with Gasteiger partial charge < -0.3 is 9.32 Å². The first-order valence-corrected chi connectivity index (χ1v) is 8.16. The van der Waals surface area contributed by atoms with Crippen molar-refractivity contribution in [1.29, 1.82) is 0 Å². The molecule has 0 saturated heterocycles. The van der Waals surface area contributed by atoms with Gasteiger partial charge in [0.2, 0.25) is 11.8 Å². The fourth-order valence-electron chi connectivity index (χ4n) is 1.99. The minimum Gasteiger partial charge on any atom is -0.411 e. The van der Waals surface area contributed by atoms with Crippen molar-refractivity contribution >= 4 is 17.7 Å². The predicted octanol–water partition coefficient (Wildman–Crippen LogP) is 3.34. The van der Waals surface area contributed by atoms with Crippen LogP contribution in [0.25, 0.3) is 11.5 Å². The van der Waals surface area contributed by atoms with Crippen molar-refractivity contribution in [3.05, 3.63) is 55.1 Å². The van der Waals surface area contributed by atoms with Crippen LogP contribution in [0, 0.1) is 6.92 Å². The topological polar surface area (TPSA) is 59.2 Å². The summed E-state index contributed by atoms with van der Waals surface area (Å²) in [6, 6.07) is 7.79. The Kier molecular flexibility index (Phi) is 6.17. The number of hydrogen-bond donors (Lipinski definition) is 0. The molecule has 0 aliphatic heterocycles. The summed E-state index contributed by atoms with van der Waals surface area (Å²) in [5, 5.41) is 8.42. The summed E-state index contributed by atoms with van der Waals surface area (Å²) in [6.45, 7) is 10.3. The van der Waals surface area contributed by atoms with Gasteiger partial charge in [-0.05, 0) is 18.6 Å². The summed E-state index contributed by atoms with van der Waals surface area (Å²) in [5.41, 5.74) is 1.96. The van der Waals surface area contributed by atoms with Crippen LogP contribution < -0.4 is 0 Å². The first-order chi connectivity index (χ1) is 11.2. The van der Waals surface area contributed by atoms with Gasteiger partial charge in [0, 0.05) is 18.7 Å². The Bertz CT molecular complexity index is 687. The smallest absolute Gasteiger partial charge is 0.277 e. The van der Waals surface area contributed by atoms with E-state index in [1.165, 1.54) is 11.8 Å². The number of benzene rings is 1. The van der Waals surface area contributed by atoms with Gasteiger partial charge in [-0.1, -0.05) is 42.1 Å². The SMILES string of the molecule is C=CCN(CC=C)C(=O)CSc1nnc(-c2ccccc2C)o1. The molecule has 2 aromatic rings. The maximum absolute atomic E-state index is 12.1. The van der Waals surface area contributed by atoms with Crippen LogP contribution in [-0.2, 0) is 4.79 Å². The number of thioether (sulfide) groups is 1. The molecule has 0 unspecified atom stereocenters. The van der Waals surface area contributed by atoms with Gasteiger partial charge in [0.1, 0.15) is 0 Å². The lowest BCUT2D eigenvalue weighted by molar-refractivity contribution is -0.127. The Morgan fingerprint density at radius 1 is 1.26 bits per heavy atom. The largest absolute Gasteiger partial charge is 0.411 e. The minimum atomic E-state index is -0.0227. The number of nitrogens with zero attached hydrogens (tertiary/aromatic N) is 3. The molecule has 1 amide bonds. The van der Waals surface area contributed by atoms with Crippen molar-refractivity contribution < 1.29 is 9.21 Å². The van der Waals surface area contributed by atoms with E-state index in [2.05, 4.69) is 23.4 Å². The molecular formula is C17H19N3O2S. The van der Waals surface area contributed by atoms with Crippen molar-refractivity contribution in [3.63, 3.8) is 0 Å². The Labute approximate surface area is 140 Å². The average Bonchev–Trinajstić information content (AvgIpc) is 3.01. The van der Waals surface area contributed by atoms with Crippen LogP contribution in [0.3, 0.4) is 0 Å². The molecule has 0 N–H and O–H groups in total. The first-order valence-electron chi connectivity index (χ1n) is 7.17.